The maximum absolute atomic E-state index is 12.8. The summed E-state index contributed by atoms with van der Waals surface area (Å²) in [7, 11) is 1.62. The Kier molecular flexibility index (Phi) is 3.75. The molecular weight excluding hydrogens is 266 g/mol. The molecule has 21 heavy (non-hydrogen) atoms. The van der Waals surface area contributed by atoms with E-state index in [0.29, 0.717) is 11.3 Å². The first-order valence-electron chi connectivity index (χ1n) is 7.15. The van der Waals surface area contributed by atoms with Crippen LogP contribution in [0, 0.1) is 6.92 Å². The van der Waals surface area contributed by atoms with Crippen LogP contribution in [0.25, 0.3) is 10.9 Å². The van der Waals surface area contributed by atoms with Crippen molar-refractivity contribution in [2.45, 2.75) is 6.92 Å². The second-order valence-corrected chi connectivity index (χ2v) is 5.21. The number of aromatic nitrogens is 1. The van der Waals surface area contributed by atoms with Gasteiger partial charge in [0.25, 0.3) is 5.91 Å². The highest BCUT2D eigenvalue weighted by molar-refractivity contribution is 6.07. The minimum atomic E-state index is 0.0697. The average Bonchev–Trinajstić information content (AvgIpc) is 2.53. The van der Waals surface area contributed by atoms with Crippen LogP contribution in [-0.4, -0.2) is 49.1 Å². The Labute approximate surface area is 123 Å². The molecule has 1 aromatic heterocycles. The number of amides is 1. The number of ether oxygens (including phenoxy) is 1. The van der Waals surface area contributed by atoms with Gasteiger partial charge < -0.3 is 15.0 Å². The van der Waals surface area contributed by atoms with Crippen LogP contribution in [0.5, 0.6) is 5.75 Å². The first kappa shape index (κ1) is 13.8. The molecule has 1 saturated heterocycles. The molecule has 1 aliphatic heterocycles. The number of nitrogens with one attached hydrogen (secondary N) is 1. The molecule has 0 unspecified atom stereocenters. The second-order valence-electron chi connectivity index (χ2n) is 5.21. The van der Waals surface area contributed by atoms with E-state index < -0.39 is 0 Å². The van der Waals surface area contributed by atoms with Crippen molar-refractivity contribution in [2.75, 3.05) is 33.3 Å². The maximum Gasteiger partial charge on any atom is 0.254 e. The zero-order valence-electron chi connectivity index (χ0n) is 12.3. The van der Waals surface area contributed by atoms with Gasteiger partial charge >= 0.3 is 0 Å². The zero-order chi connectivity index (χ0) is 14.8. The van der Waals surface area contributed by atoms with Crippen molar-refractivity contribution < 1.29 is 9.53 Å². The maximum atomic E-state index is 12.8. The normalized spacial score (nSPS) is 15.2. The number of fused-ring (bicyclic) bond motifs is 1. The van der Waals surface area contributed by atoms with E-state index in [0.717, 1.165) is 42.8 Å². The standard InChI is InChI=1S/C16H19N3O2/c1-11-10-13(16(20)19-8-6-17-7-9-19)12-4-3-5-14(21-2)15(12)18-11/h3-5,10,17H,6-9H2,1-2H3. The SMILES string of the molecule is COc1cccc2c(C(=O)N3CCNCC3)cc(C)nc12. The summed E-state index contributed by atoms with van der Waals surface area (Å²) in [5.74, 6) is 0.769. The summed E-state index contributed by atoms with van der Waals surface area (Å²) in [4.78, 5) is 19.2. The van der Waals surface area contributed by atoms with Crippen LogP contribution in [0.3, 0.4) is 0 Å². The van der Waals surface area contributed by atoms with Crippen molar-refractivity contribution in [1.82, 2.24) is 15.2 Å². The largest absolute Gasteiger partial charge is 0.494 e. The minimum Gasteiger partial charge on any atom is -0.494 e. The molecule has 5 heteroatoms. The van der Waals surface area contributed by atoms with Crippen molar-refractivity contribution in [3.8, 4) is 5.75 Å². The average molecular weight is 285 g/mol. The Morgan fingerprint density at radius 2 is 2.10 bits per heavy atom. The number of hydrogen-bond donors (Lipinski definition) is 1. The molecule has 0 bridgehead atoms. The van der Waals surface area contributed by atoms with Crippen LogP contribution in [0.1, 0.15) is 16.1 Å². The lowest BCUT2D eigenvalue weighted by Gasteiger charge is -2.28. The Morgan fingerprint density at radius 1 is 1.33 bits per heavy atom. The van der Waals surface area contributed by atoms with E-state index in [1.165, 1.54) is 0 Å². The summed E-state index contributed by atoms with van der Waals surface area (Å²) in [6.07, 6.45) is 0. The lowest BCUT2D eigenvalue weighted by molar-refractivity contribution is 0.0737. The summed E-state index contributed by atoms with van der Waals surface area (Å²) in [6, 6.07) is 7.56. The third kappa shape index (κ3) is 2.56. The molecular formula is C16H19N3O2. The van der Waals surface area contributed by atoms with E-state index in [2.05, 4.69) is 10.3 Å². The summed E-state index contributed by atoms with van der Waals surface area (Å²) in [6.45, 7) is 5.08. The van der Waals surface area contributed by atoms with Gasteiger partial charge in [-0.05, 0) is 19.1 Å². The fourth-order valence-corrected chi connectivity index (χ4v) is 2.73. The molecule has 0 saturated carbocycles. The molecule has 1 fully saturated rings. The van der Waals surface area contributed by atoms with E-state index in [9.17, 15) is 4.79 Å². The molecule has 110 valence electrons. The predicted octanol–water partition coefficient (Wildman–Crippen LogP) is 1.60. The molecule has 0 spiro atoms. The Morgan fingerprint density at radius 3 is 2.81 bits per heavy atom. The summed E-state index contributed by atoms with van der Waals surface area (Å²) < 4.78 is 5.37. The van der Waals surface area contributed by atoms with Gasteiger partial charge in [-0.15, -0.1) is 0 Å². The number of carbonyl (C=O) groups excluding carboxylic acids is 1. The zero-order valence-corrected chi connectivity index (χ0v) is 12.3. The highest BCUT2D eigenvalue weighted by Crippen LogP contribution is 2.27. The Hall–Kier alpha value is -2.14. The third-order valence-corrected chi connectivity index (χ3v) is 3.79. The van der Waals surface area contributed by atoms with E-state index in [1.54, 1.807) is 7.11 Å². The smallest absolute Gasteiger partial charge is 0.254 e. The monoisotopic (exact) mass is 285 g/mol. The number of hydrogen-bond acceptors (Lipinski definition) is 4. The molecule has 1 amide bonds. The molecule has 1 aromatic carbocycles. The van der Waals surface area contributed by atoms with Gasteiger partial charge in [-0.1, -0.05) is 12.1 Å². The van der Waals surface area contributed by atoms with Gasteiger partial charge in [-0.3, -0.25) is 4.79 Å². The van der Waals surface area contributed by atoms with Crippen LogP contribution in [0.4, 0.5) is 0 Å². The van der Waals surface area contributed by atoms with Crippen LogP contribution >= 0.6 is 0 Å². The molecule has 2 heterocycles. The number of pyridine rings is 1. The molecule has 2 aromatic rings. The quantitative estimate of drug-likeness (QED) is 0.910. The number of aryl methyl sites for hydroxylation is 1. The van der Waals surface area contributed by atoms with Crippen LogP contribution < -0.4 is 10.1 Å². The lowest BCUT2D eigenvalue weighted by Crippen LogP contribution is -2.46. The molecule has 0 radical (unpaired) electrons. The Bertz CT molecular complexity index is 679. The number of piperazine rings is 1. The van der Waals surface area contributed by atoms with Crippen molar-refractivity contribution >= 4 is 16.8 Å². The molecule has 5 nitrogen and oxygen atoms in total. The molecule has 0 atom stereocenters. The van der Waals surface area contributed by atoms with Crippen molar-refractivity contribution in [3.05, 3.63) is 35.5 Å². The van der Waals surface area contributed by atoms with E-state index in [1.807, 2.05) is 36.1 Å². The van der Waals surface area contributed by atoms with Crippen LogP contribution in [0.15, 0.2) is 24.3 Å². The fourth-order valence-electron chi connectivity index (χ4n) is 2.73. The Balaban J connectivity index is 2.11. The van der Waals surface area contributed by atoms with Crippen LogP contribution in [-0.2, 0) is 0 Å². The number of benzene rings is 1. The van der Waals surface area contributed by atoms with Gasteiger partial charge in [0.05, 0.1) is 12.7 Å². The third-order valence-electron chi connectivity index (χ3n) is 3.79. The topological polar surface area (TPSA) is 54.5 Å². The van der Waals surface area contributed by atoms with Gasteiger partial charge in [0, 0.05) is 37.3 Å². The van der Waals surface area contributed by atoms with E-state index >= 15 is 0 Å². The van der Waals surface area contributed by atoms with Gasteiger partial charge in [-0.2, -0.15) is 0 Å². The van der Waals surface area contributed by atoms with Crippen molar-refractivity contribution in [3.63, 3.8) is 0 Å². The van der Waals surface area contributed by atoms with E-state index in [-0.39, 0.29) is 5.91 Å². The van der Waals surface area contributed by atoms with Crippen LogP contribution in [0.2, 0.25) is 0 Å². The van der Waals surface area contributed by atoms with Gasteiger partial charge in [0.2, 0.25) is 0 Å². The first-order chi connectivity index (χ1) is 10.2. The fraction of sp³-hybridized carbons (Fsp3) is 0.375. The van der Waals surface area contributed by atoms with Gasteiger partial charge in [0.15, 0.2) is 0 Å². The number of para-hydroxylation sites is 1. The summed E-state index contributed by atoms with van der Waals surface area (Å²) in [5.41, 5.74) is 2.28. The number of methoxy groups -OCH3 is 1. The van der Waals surface area contributed by atoms with Gasteiger partial charge in [0.1, 0.15) is 11.3 Å². The van der Waals surface area contributed by atoms with E-state index in [4.69, 9.17) is 4.74 Å². The molecule has 1 N–H and O–H groups in total. The number of carbonyl (C=O) groups is 1. The predicted molar refractivity (Wildman–Crippen MR) is 81.8 cm³/mol. The first-order valence-corrected chi connectivity index (χ1v) is 7.15. The number of rotatable bonds is 2. The number of nitrogens with zero attached hydrogens (tertiary/aromatic N) is 2. The molecule has 0 aliphatic carbocycles. The highest BCUT2D eigenvalue weighted by Gasteiger charge is 2.21. The molecule has 1 aliphatic rings. The van der Waals surface area contributed by atoms with Crippen molar-refractivity contribution in [1.29, 1.82) is 0 Å². The summed E-state index contributed by atoms with van der Waals surface area (Å²) in [5, 5.41) is 4.11. The van der Waals surface area contributed by atoms with Gasteiger partial charge in [-0.25, -0.2) is 4.98 Å². The second kappa shape index (κ2) is 5.69. The highest BCUT2D eigenvalue weighted by atomic mass is 16.5. The lowest BCUT2D eigenvalue weighted by atomic mass is 10.1. The minimum absolute atomic E-state index is 0.0697. The molecule has 3 rings (SSSR count). The van der Waals surface area contributed by atoms with Crippen molar-refractivity contribution in [2.24, 2.45) is 0 Å². The summed E-state index contributed by atoms with van der Waals surface area (Å²) >= 11 is 0.